The number of esters is 1. The zero-order valence-electron chi connectivity index (χ0n) is 18.2. The van der Waals surface area contributed by atoms with Gasteiger partial charge >= 0.3 is 17.8 Å². The zero-order valence-corrected chi connectivity index (χ0v) is 20.5. The van der Waals surface area contributed by atoms with Crippen molar-refractivity contribution in [1.29, 1.82) is 0 Å². The molecule has 10 heteroatoms. The van der Waals surface area contributed by atoms with Crippen molar-refractivity contribution in [3.05, 3.63) is 92.8 Å². The minimum absolute atomic E-state index is 0.320. The summed E-state index contributed by atoms with van der Waals surface area (Å²) in [6, 6.07) is 18.8. The van der Waals surface area contributed by atoms with E-state index in [9.17, 15) is 14.4 Å². The molecule has 4 rings (SSSR count). The van der Waals surface area contributed by atoms with Gasteiger partial charge in [-0.1, -0.05) is 47.5 Å². The van der Waals surface area contributed by atoms with E-state index in [1.807, 2.05) is 31.2 Å². The summed E-state index contributed by atoms with van der Waals surface area (Å²) in [6.45, 7) is 1.83. The highest BCUT2D eigenvalue weighted by Gasteiger charge is 2.19. The van der Waals surface area contributed by atoms with Crippen LogP contribution >= 0.6 is 34.5 Å². The van der Waals surface area contributed by atoms with Crippen LogP contribution in [0.1, 0.15) is 20.8 Å². The first-order valence-corrected chi connectivity index (χ1v) is 11.8. The number of hydrogen-bond donors (Lipinski definition) is 2. The van der Waals surface area contributed by atoms with E-state index < -0.39 is 17.8 Å². The monoisotopic (exact) mass is 525 g/mol. The second-order valence-electron chi connectivity index (χ2n) is 7.32. The molecule has 1 aromatic heterocycles. The molecule has 0 atom stereocenters. The molecule has 4 aromatic rings. The molecule has 0 saturated heterocycles. The fourth-order valence-electron chi connectivity index (χ4n) is 3.00. The van der Waals surface area contributed by atoms with Crippen LogP contribution < -0.4 is 15.5 Å². The second kappa shape index (κ2) is 10.7. The Labute approximate surface area is 214 Å². The lowest BCUT2D eigenvalue weighted by Crippen LogP contribution is -2.32. The van der Waals surface area contributed by atoms with Crippen molar-refractivity contribution in [3.8, 4) is 5.75 Å². The highest BCUT2D eigenvalue weighted by Crippen LogP contribution is 2.35. The molecule has 0 fully saturated rings. The number of nitrogens with zero attached hydrogens (tertiary/aromatic N) is 1. The third-order valence-electron chi connectivity index (χ3n) is 4.83. The maximum absolute atomic E-state index is 12.6. The van der Waals surface area contributed by atoms with Crippen LogP contribution in [0.25, 0.3) is 10.1 Å². The van der Waals surface area contributed by atoms with Gasteiger partial charge in [0.15, 0.2) is 0 Å². The third-order valence-corrected chi connectivity index (χ3v) is 6.89. The Morgan fingerprint density at radius 2 is 1.71 bits per heavy atom. The SMILES string of the molecule is Cc1ccc(NC(=O)C(=O)N/N=C/c2ccc(OC(=O)c3sc4ccccc4c3Cl)cc2)cc1Cl. The topological polar surface area (TPSA) is 96.9 Å². The number of thiophene rings is 1. The van der Waals surface area contributed by atoms with Crippen molar-refractivity contribution in [1.82, 2.24) is 5.43 Å². The smallest absolute Gasteiger partial charge is 0.355 e. The standard InChI is InChI=1S/C25H17Cl2N3O4S/c1-14-6-9-16(12-19(14)26)29-23(31)24(32)30-28-13-15-7-10-17(11-8-15)34-25(33)22-21(27)18-4-2-3-5-20(18)35-22/h2-13H,1H3,(H,29,31)(H,30,32)/b28-13+. The van der Waals surface area contributed by atoms with Crippen LogP contribution in [0.3, 0.4) is 0 Å². The number of benzene rings is 3. The Bertz CT molecular complexity index is 1470. The number of aryl methyl sites for hydroxylation is 1. The molecule has 0 bridgehead atoms. The van der Waals surface area contributed by atoms with E-state index in [4.69, 9.17) is 27.9 Å². The van der Waals surface area contributed by atoms with Crippen molar-refractivity contribution >= 4 is 74.3 Å². The molecule has 0 saturated carbocycles. The predicted molar refractivity (Wildman–Crippen MR) is 139 cm³/mol. The van der Waals surface area contributed by atoms with Crippen molar-refractivity contribution in [2.45, 2.75) is 6.92 Å². The van der Waals surface area contributed by atoms with E-state index in [0.29, 0.717) is 31.9 Å². The van der Waals surface area contributed by atoms with Gasteiger partial charge in [0.2, 0.25) is 0 Å². The number of hydrazone groups is 1. The Morgan fingerprint density at radius 3 is 2.43 bits per heavy atom. The lowest BCUT2D eigenvalue weighted by molar-refractivity contribution is -0.136. The first-order chi connectivity index (χ1) is 16.8. The summed E-state index contributed by atoms with van der Waals surface area (Å²) in [6.07, 6.45) is 1.35. The molecular formula is C25H17Cl2N3O4S. The third kappa shape index (κ3) is 5.86. The lowest BCUT2D eigenvalue weighted by Gasteiger charge is -2.06. The van der Waals surface area contributed by atoms with Crippen LogP contribution in [0.4, 0.5) is 5.69 Å². The molecule has 0 radical (unpaired) electrons. The normalized spacial score (nSPS) is 10.9. The van der Waals surface area contributed by atoms with E-state index in [1.165, 1.54) is 17.6 Å². The summed E-state index contributed by atoms with van der Waals surface area (Å²) in [7, 11) is 0. The Balaban J connectivity index is 1.32. The number of nitrogens with one attached hydrogen (secondary N) is 2. The number of amides is 2. The number of carbonyl (C=O) groups is 3. The van der Waals surface area contributed by atoms with Crippen LogP contribution in [-0.2, 0) is 9.59 Å². The molecule has 2 N–H and O–H groups in total. The van der Waals surface area contributed by atoms with Gasteiger partial charge in [0, 0.05) is 20.8 Å². The van der Waals surface area contributed by atoms with Crippen molar-refractivity contribution in [3.63, 3.8) is 0 Å². The van der Waals surface area contributed by atoms with Gasteiger partial charge in [0.1, 0.15) is 10.6 Å². The molecule has 176 valence electrons. The molecule has 7 nitrogen and oxygen atoms in total. The number of anilines is 1. The summed E-state index contributed by atoms with van der Waals surface area (Å²) in [5.41, 5.74) is 4.00. The molecule has 1 heterocycles. The van der Waals surface area contributed by atoms with Gasteiger partial charge in [0.05, 0.1) is 11.2 Å². The lowest BCUT2D eigenvalue weighted by atomic mass is 10.2. The minimum Gasteiger partial charge on any atom is -0.422 e. The molecule has 0 aliphatic carbocycles. The Morgan fingerprint density at radius 1 is 0.971 bits per heavy atom. The maximum atomic E-state index is 12.6. The molecule has 0 aliphatic rings. The van der Waals surface area contributed by atoms with E-state index in [-0.39, 0.29) is 0 Å². The average molecular weight is 526 g/mol. The summed E-state index contributed by atoms with van der Waals surface area (Å²) >= 11 is 13.6. The molecule has 0 aliphatic heterocycles. The first kappa shape index (κ1) is 24.4. The van der Waals surface area contributed by atoms with Gasteiger partial charge in [-0.05, 0) is 60.5 Å². The summed E-state index contributed by atoms with van der Waals surface area (Å²) in [5, 5.41) is 7.86. The number of hydrogen-bond acceptors (Lipinski definition) is 6. The summed E-state index contributed by atoms with van der Waals surface area (Å²) in [4.78, 5) is 36.8. The molecular weight excluding hydrogens is 509 g/mol. The quantitative estimate of drug-likeness (QED) is 0.113. The van der Waals surface area contributed by atoms with Gasteiger partial charge in [-0.15, -0.1) is 11.3 Å². The van der Waals surface area contributed by atoms with Crippen LogP contribution in [0.15, 0.2) is 71.8 Å². The van der Waals surface area contributed by atoms with Gasteiger partial charge in [-0.25, -0.2) is 10.2 Å². The molecule has 0 spiro atoms. The number of ether oxygens (including phenoxy) is 1. The maximum Gasteiger partial charge on any atom is 0.355 e. The Hall–Kier alpha value is -3.72. The first-order valence-electron chi connectivity index (χ1n) is 10.2. The molecule has 2 amide bonds. The summed E-state index contributed by atoms with van der Waals surface area (Å²) in [5.74, 6) is -2.06. The Kier molecular flexibility index (Phi) is 7.45. The fraction of sp³-hybridized carbons (Fsp3) is 0.0400. The number of rotatable bonds is 5. The molecule has 0 unspecified atom stereocenters. The number of halogens is 2. The van der Waals surface area contributed by atoms with Crippen LogP contribution in [0, 0.1) is 6.92 Å². The van der Waals surface area contributed by atoms with E-state index in [1.54, 1.807) is 42.5 Å². The van der Waals surface area contributed by atoms with Crippen LogP contribution in [0.5, 0.6) is 5.75 Å². The van der Waals surface area contributed by atoms with Gasteiger partial charge in [0.25, 0.3) is 0 Å². The van der Waals surface area contributed by atoms with Gasteiger partial charge in [-0.2, -0.15) is 5.10 Å². The van der Waals surface area contributed by atoms with Crippen molar-refractivity contribution in [2.24, 2.45) is 5.10 Å². The number of fused-ring (bicyclic) bond motifs is 1. The minimum atomic E-state index is -0.941. The van der Waals surface area contributed by atoms with Crippen molar-refractivity contribution in [2.75, 3.05) is 5.32 Å². The van der Waals surface area contributed by atoms with E-state index in [2.05, 4.69) is 15.8 Å². The van der Waals surface area contributed by atoms with E-state index in [0.717, 1.165) is 15.6 Å². The highest BCUT2D eigenvalue weighted by molar-refractivity contribution is 7.21. The van der Waals surface area contributed by atoms with Crippen molar-refractivity contribution < 1.29 is 19.1 Å². The largest absolute Gasteiger partial charge is 0.422 e. The molecule has 3 aromatic carbocycles. The van der Waals surface area contributed by atoms with Gasteiger partial charge in [-0.3, -0.25) is 9.59 Å². The highest BCUT2D eigenvalue weighted by atomic mass is 35.5. The van der Waals surface area contributed by atoms with E-state index >= 15 is 0 Å². The zero-order chi connectivity index (χ0) is 24.9. The molecule has 35 heavy (non-hydrogen) atoms. The average Bonchev–Trinajstić information content (AvgIpc) is 3.19. The number of carbonyl (C=O) groups excluding carboxylic acids is 3. The van der Waals surface area contributed by atoms with Crippen LogP contribution in [0.2, 0.25) is 10.0 Å². The fourth-order valence-corrected chi connectivity index (χ4v) is 4.56. The second-order valence-corrected chi connectivity index (χ2v) is 9.15. The van der Waals surface area contributed by atoms with Gasteiger partial charge < -0.3 is 10.1 Å². The summed E-state index contributed by atoms with van der Waals surface area (Å²) < 4.78 is 6.32. The predicted octanol–water partition coefficient (Wildman–Crippen LogP) is 5.82. The van der Waals surface area contributed by atoms with Crippen LogP contribution in [-0.4, -0.2) is 24.0 Å².